The van der Waals surface area contributed by atoms with Crippen LogP contribution in [0.15, 0.2) is 12.1 Å². The number of aromatic nitrogens is 2. The molecule has 0 amide bonds. The van der Waals surface area contributed by atoms with Gasteiger partial charge in [0.15, 0.2) is 11.0 Å². The molecule has 0 aliphatic rings. The largest absolute Gasteiger partial charge is 1.00 e. The fourth-order valence-electron chi connectivity index (χ4n) is 2.69. The van der Waals surface area contributed by atoms with E-state index in [0.29, 0.717) is 29.4 Å². The molecule has 0 atom stereocenters. The predicted octanol–water partition coefficient (Wildman–Crippen LogP) is 0.236. The first kappa shape index (κ1) is 21.0. The van der Waals surface area contributed by atoms with Crippen LogP contribution in [0.5, 0.6) is 0 Å². The molecule has 5 nitrogen and oxygen atoms in total. The van der Waals surface area contributed by atoms with E-state index in [9.17, 15) is 8.42 Å². The fourth-order valence-corrected chi connectivity index (χ4v) is 3.57. The number of imidazole rings is 1. The number of hydrogen-bond donors (Lipinski definition) is 1. The van der Waals surface area contributed by atoms with E-state index in [-0.39, 0.29) is 29.7 Å². The van der Waals surface area contributed by atoms with Crippen LogP contribution in [0.1, 0.15) is 25.6 Å². The SMILES string of the molecule is CCn1c(C)[n+](CCCCS(=O)(=O)O)c2cc(Cl)c(Cl)cc21.[I-]. The predicted molar refractivity (Wildman–Crippen MR) is 88.2 cm³/mol. The summed E-state index contributed by atoms with van der Waals surface area (Å²) in [4.78, 5) is 0. The molecule has 0 spiro atoms. The van der Waals surface area contributed by atoms with Crippen molar-refractivity contribution < 1.29 is 41.5 Å². The molecule has 0 fully saturated rings. The monoisotopic (exact) mass is 492 g/mol. The van der Waals surface area contributed by atoms with Gasteiger partial charge in [-0.2, -0.15) is 8.42 Å². The maximum Gasteiger partial charge on any atom is 0.264 e. The highest BCUT2D eigenvalue weighted by Crippen LogP contribution is 2.27. The van der Waals surface area contributed by atoms with Crippen LogP contribution in [0.3, 0.4) is 0 Å². The van der Waals surface area contributed by atoms with Crippen LogP contribution in [-0.4, -0.2) is 23.3 Å². The third kappa shape index (κ3) is 4.94. The van der Waals surface area contributed by atoms with Gasteiger partial charge in [0.25, 0.3) is 15.9 Å². The van der Waals surface area contributed by atoms with Gasteiger partial charge < -0.3 is 24.0 Å². The molecule has 1 aromatic heterocycles. The Morgan fingerprint density at radius 2 is 1.83 bits per heavy atom. The van der Waals surface area contributed by atoms with Crippen molar-refractivity contribution in [2.75, 3.05) is 5.75 Å². The lowest BCUT2D eigenvalue weighted by Crippen LogP contribution is -3.00. The van der Waals surface area contributed by atoms with E-state index in [1.807, 2.05) is 19.1 Å². The normalized spacial score (nSPS) is 11.7. The Morgan fingerprint density at radius 3 is 2.39 bits per heavy atom. The third-order valence-electron chi connectivity index (χ3n) is 3.73. The molecule has 2 aromatic rings. The highest BCUT2D eigenvalue weighted by molar-refractivity contribution is 7.85. The molecule has 0 unspecified atom stereocenters. The Labute approximate surface area is 163 Å². The van der Waals surface area contributed by atoms with E-state index >= 15 is 0 Å². The summed E-state index contributed by atoms with van der Waals surface area (Å²) in [5.41, 5.74) is 1.98. The number of benzene rings is 1. The maximum absolute atomic E-state index is 10.8. The van der Waals surface area contributed by atoms with Gasteiger partial charge in [0.05, 0.1) is 28.9 Å². The zero-order valence-electron chi connectivity index (χ0n) is 12.9. The number of aryl methyl sites for hydroxylation is 2. The number of halogens is 3. The first-order chi connectivity index (χ1) is 10.2. The summed E-state index contributed by atoms with van der Waals surface area (Å²) >= 11 is 12.2. The van der Waals surface area contributed by atoms with E-state index in [1.165, 1.54) is 0 Å². The molecule has 1 N–H and O–H groups in total. The molecule has 1 aromatic carbocycles. The van der Waals surface area contributed by atoms with Crippen LogP contribution in [-0.2, 0) is 23.2 Å². The minimum atomic E-state index is -3.90. The molecule has 0 aliphatic heterocycles. The van der Waals surface area contributed by atoms with Crippen molar-refractivity contribution in [1.29, 1.82) is 0 Å². The number of nitrogens with zero attached hydrogens (tertiary/aromatic N) is 2. The average molecular weight is 493 g/mol. The molecule has 9 heteroatoms. The van der Waals surface area contributed by atoms with Crippen LogP contribution >= 0.6 is 23.2 Å². The number of unbranched alkanes of at least 4 members (excludes halogenated alkanes) is 1. The Morgan fingerprint density at radius 1 is 1.22 bits per heavy atom. The molecular formula is C14H19Cl2IN2O3S. The van der Waals surface area contributed by atoms with Crippen LogP contribution in [0.2, 0.25) is 10.0 Å². The zero-order valence-corrected chi connectivity index (χ0v) is 17.4. The Kier molecular flexibility index (Phi) is 7.59. The minimum Gasteiger partial charge on any atom is -1.00 e. The topological polar surface area (TPSA) is 63.2 Å². The number of hydrogen-bond acceptors (Lipinski definition) is 2. The van der Waals surface area contributed by atoms with Crippen molar-refractivity contribution in [3.8, 4) is 0 Å². The maximum atomic E-state index is 10.8. The van der Waals surface area contributed by atoms with Crippen LogP contribution < -0.4 is 28.5 Å². The standard InChI is InChI=1S/C14H18Cl2N2O3S.HI/c1-3-17-10(2)18(6-4-5-7-22(19,20)21)14-9-12(16)11(15)8-13(14)17;/h8-9H,3-7H2,1-2H3;1H. The van der Waals surface area contributed by atoms with Gasteiger partial charge >= 0.3 is 0 Å². The molecule has 23 heavy (non-hydrogen) atoms. The third-order valence-corrected chi connectivity index (χ3v) is 5.26. The first-order valence-electron chi connectivity index (χ1n) is 7.07. The van der Waals surface area contributed by atoms with E-state index in [1.54, 1.807) is 0 Å². The summed E-state index contributed by atoms with van der Waals surface area (Å²) in [7, 11) is -3.90. The molecule has 1 heterocycles. The lowest BCUT2D eigenvalue weighted by atomic mass is 10.3. The molecule has 0 saturated heterocycles. The van der Waals surface area contributed by atoms with Crippen LogP contribution in [0, 0.1) is 6.92 Å². The zero-order chi connectivity index (χ0) is 16.5. The summed E-state index contributed by atoms with van der Waals surface area (Å²) in [6.45, 7) is 5.52. The Balaban J connectivity index is 0.00000264. The summed E-state index contributed by atoms with van der Waals surface area (Å²) in [5.74, 6) is 0.841. The Bertz CT molecular complexity index is 806. The lowest BCUT2D eigenvalue weighted by molar-refractivity contribution is -0.678. The molecule has 2 rings (SSSR count). The Hall–Kier alpha value is -0.0900. The molecule has 130 valence electrons. The fraction of sp³-hybridized carbons (Fsp3) is 0.500. The van der Waals surface area contributed by atoms with E-state index in [0.717, 1.165) is 23.4 Å². The van der Waals surface area contributed by atoms with Crippen LogP contribution in [0.25, 0.3) is 11.0 Å². The molecule has 0 radical (unpaired) electrons. The lowest BCUT2D eigenvalue weighted by Gasteiger charge is -2.01. The quantitative estimate of drug-likeness (QED) is 0.272. The van der Waals surface area contributed by atoms with Gasteiger partial charge in [-0.1, -0.05) is 23.2 Å². The van der Waals surface area contributed by atoms with Gasteiger partial charge in [0.2, 0.25) is 0 Å². The molecule has 0 bridgehead atoms. The summed E-state index contributed by atoms with van der Waals surface area (Å²) in [6, 6.07) is 3.69. The second-order valence-electron chi connectivity index (χ2n) is 5.19. The summed E-state index contributed by atoms with van der Waals surface area (Å²) < 4.78 is 34.6. The van der Waals surface area contributed by atoms with Gasteiger partial charge in [-0.05, 0) is 19.8 Å². The van der Waals surface area contributed by atoms with Crippen LogP contribution in [0.4, 0.5) is 0 Å². The molecule has 0 aliphatic carbocycles. The van der Waals surface area contributed by atoms with Gasteiger partial charge in [0, 0.05) is 19.1 Å². The smallest absolute Gasteiger partial charge is 0.264 e. The highest BCUT2D eigenvalue weighted by atomic mass is 127. The van der Waals surface area contributed by atoms with Gasteiger partial charge in [-0.15, -0.1) is 0 Å². The van der Waals surface area contributed by atoms with Gasteiger partial charge in [0.1, 0.15) is 0 Å². The second-order valence-corrected chi connectivity index (χ2v) is 7.58. The second kappa shape index (κ2) is 8.33. The van der Waals surface area contributed by atoms with Crippen molar-refractivity contribution in [2.45, 2.75) is 39.8 Å². The molecular weight excluding hydrogens is 474 g/mol. The summed E-state index contributed by atoms with van der Waals surface area (Å²) in [6.07, 6.45) is 1.06. The van der Waals surface area contributed by atoms with E-state index < -0.39 is 10.1 Å². The van der Waals surface area contributed by atoms with Crippen molar-refractivity contribution in [1.82, 2.24) is 4.57 Å². The van der Waals surface area contributed by atoms with Gasteiger partial charge in [-0.3, -0.25) is 4.55 Å². The summed E-state index contributed by atoms with van der Waals surface area (Å²) in [5, 5.41) is 1.01. The van der Waals surface area contributed by atoms with E-state index in [2.05, 4.69) is 16.1 Å². The first-order valence-corrected chi connectivity index (χ1v) is 9.44. The molecule has 0 saturated carbocycles. The van der Waals surface area contributed by atoms with Crippen molar-refractivity contribution >= 4 is 44.4 Å². The highest BCUT2D eigenvalue weighted by Gasteiger charge is 2.22. The van der Waals surface area contributed by atoms with Gasteiger partial charge in [-0.25, -0.2) is 9.13 Å². The van der Waals surface area contributed by atoms with E-state index in [4.69, 9.17) is 27.8 Å². The number of fused-ring (bicyclic) bond motifs is 1. The van der Waals surface area contributed by atoms with Crippen molar-refractivity contribution in [3.63, 3.8) is 0 Å². The number of rotatable bonds is 6. The minimum absolute atomic E-state index is 0. The van der Waals surface area contributed by atoms with Crippen molar-refractivity contribution in [2.24, 2.45) is 0 Å². The average Bonchev–Trinajstić information content (AvgIpc) is 2.66. The van der Waals surface area contributed by atoms with Crippen molar-refractivity contribution in [3.05, 3.63) is 28.0 Å².